The first-order chi connectivity index (χ1) is 10.3. The molecule has 3 heterocycles. The molecule has 2 fully saturated rings. The fourth-order valence-corrected chi connectivity index (χ4v) is 3.05. The smallest absolute Gasteiger partial charge is 0.274 e. The van der Waals surface area contributed by atoms with E-state index < -0.39 is 0 Å². The Bertz CT molecular complexity index is 475. The summed E-state index contributed by atoms with van der Waals surface area (Å²) >= 11 is 0. The van der Waals surface area contributed by atoms with Crippen LogP contribution in [-0.4, -0.2) is 83.4 Å². The van der Waals surface area contributed by atoms with Crippen LogP contribution < -0.4 is 5.32 Å². The summed E-state index contributed by atoms with van der Waals surface area (Å²) in [5, 5.41) is 19.5. The number of aromatic nitrogens is 2. The van der Waals surface area contributed by atoms with Crippen molar-refractivity contribution in [3.05, 3.63) is 17.5 Å². The molecule has 1 unspecified atom stereocenters. The Kier molecular flexibility index (Phi) is 4.52. The van der Waals surface area contributed by atoms with E-state index in [9.17, 15) is 4.79 Å². The number of hydrogen-bond acceptors (Lipinski definition) is 5. The quantitative estimate of drug-likeness (QED) is 0.679. The van der Waals surface area contributed by atoms with Gasteiger partial charge in [-0.2, -0.15) is 5.10 Å². The molecule has 2 aliphatic heterocycles. The van der Waals surface area contributed by atoms with Gasteiger partial charge in [0.2, 0.25) is 0 Å². The van der Waals surface area contributed by atoms with Crippen LogP contribution in [0.2, 0.25) is 0 Å². The second kappa shape index (κ2) is 6.55. The highest BCUT2D eigenvalue weighted by Crippen LogP contribution is 2.21. The molecule has 21 heavy (non-hydrogen) atoms. The van der Waals surface area contributed by atoms with Crippen LogP contribution in [0.4, 0.5) is 0 Å². The molecule has 1 amide bonds. The van der Waals surface area contributed by atoms with E-state index in [1.165, 1.54) is 0 Å². The van der Waals surface area contributed by atoms with Crippen molar-refractivity contribution in [1.29, 1.82) is 0 Å². The van der Waals surface area contributed by atoms with Crippen molar-refractivity contribution < 1.29 is 9.90 Å². The van der Waals surface area contributed by atoms with Crippen LogP contribution in [0.1, 0.15) is 28.5 Å². The van der Waals surface area contributed by atoms with Gasteiger partial charge in [0.05, 0.1) is 6.61 Å². The molecule has 0 aliphatic carbocycles. The largest absolute Gasteiger partial charge is 0.395 e. The van der Waals surface area contributed by atoms with Gasteiger partial charge in [0, 0.05) is 50.9 Å². The lowest BCUT2D eigenvalue weighted by Gasteiger charge is -2.33. The number of carbonyl (C=O) groups is 1. The van der Waals surface area contributed by atoms with Gasteiger partial charge >= 0.3 is 0 Å². The van der Waals surface area contributed by atoms with E-state index in [1.807, 2.05) is 11.0 Å². The fourth-order valence-electron chi connectivity index (χ4n) is 3.05. The first kappa shape index (κ1) is 14.5. The third-order valence-electron chi connectivity index (χ3n) is 4.39. The number of rotatable bonds is 4. The zero-order valence-corrected chi connectivity index (χ0v) is 12.2. The number of β-amino-alcohol motifs (C(OH)–C–C–N with tert-alkyl or cyclic N) is 1. The Hall–Kier alpha value is -1.44. The van der Waals surface area contributed by atoms with Crippen molar-refractivity contribution in [3.63, 3.8) is 0 Å². The zero-order valence-electron chi connectivity index (χ0n) is 12.2. The summed E-state index contributed by atoms with van der Waals surface area (Å²) in [4.78, 5) is 16.5. The number of aromatic amines is 1. The monoisotopic (exact) mass is 293 g/mol. The van der Waals surface area contributed by atoms with Gasteiger partial charge in [-0.3, -0.25) is 14.8 Å². The minimum Gasteiger partial charge on any atom is -0.395 e. The van der Waals surface area contributed by atoms with Crippen LogP contribution in [0, 0.1) is 0 Å². The van der Waals surface area contributed by atoms with Crippen molar-refractivity contribution in [3.8, 4) is 0 Å². The Morgan fingerprint density at radius 3 is 2.86 bits per heavy atom. The van der Waals surface area contributed by atoms with E-state index in [1.54, 1.807) is 0 Å². The SMILES string of the molecule is O=C(c1cc(C2CCNC2)[nH]n1)N1CCN(CCO)CC1. The van der Waals surface area contributed by atoms with Crippen LogP contribution >= 0.6 is 0 Å². The van der Waals surface area contributed by atoms with Crippen LogP contribution in [0.15, 0.2) is 6.07 Å². The molecule has 116 valence electrons. The molecule has 2 aliphatic rings. The van der Waals surface area contributed by atoms with Gasteiger partial charge in [-0.25, -0.2) is 0 Å². The zero-order chi connectivity index (χ0) is 14.7. The second-order valence-electron chi connectivity index (χ2n) is 5.76. The summed E-state index contributed by atoms with van der Waals surface area (Å²) in [6.45, 7) is 5.87. The number of piperazine rings is 1. The van der Waals surface area contributed by atoms with Crippen molar-refractivity contribution >= 4 is 5.91 Å². The molecule has 1 aromatic rings. The van der Waals surface area contributed by atoms with Crippen LogP contribution in [0.25, 0.3) is 0 Å². The lowest BCUT2D eigenvalue weighted by atomic mass is 10.0. The average Bonchev–Trinajstić information content (AvgIpc) is 3.19. The fraction of sp³-hybridized carbons (Fsp3) is 0.714. The van der Waals surface area contributed by atoms with Crippen molar-refractivity contribution in [1.82, 2.24) is 25.3 Å². The maximum absolute atomic E-state index is 12.5. The third kappa shape index (κ3) is 3.25. The van der Waals surface area contributed by atoms with E-state index in [4.69, 9.17) is 5.11 Å². The number of nitrogens with one attached hydrogen (secondary N) is 2. The topological polar surface area (TPSA) is 84.5 Å². The van der Waals surface area contributed by atoms with Crippen molar-refractivity contribution in [2.75, 3.05) is 52.4 Å². The van der Waals surface area contributed by atoms with E-state index >= 15 is 0 Å². The first-order valence-electron chi connectivity index (χ1n) is 7.66. The molecule has 7 heteroatoms. The number of hydrogen-bond donors (Lipinski definition) is 3. The Morgan fingerprint density at radius 2 is 2.19 bits per heavy atom. The molecule has 2 saturated heterocycles. The standard InChI is InChI=1S/C14H23N5O2/c20-8-7-18-3-5-19(6-4-18)14(21)13-9-12(16-17-13)11-1-2-15-10-11/h9,11,15,20H,1-8,10H2,(H,16,17). The first-order valence-corrected chi connectivity index (χ1v) is 7.66. The summed E-state index contributed by atoms with van der Waals surface area (Å²) in [7, 11) is 0. The molecule has 1 aromatic heterocycles. The van der Waals surface area contributed by atoms with Crippen molar-refractivity contribution in [2.24, 2.45) is 0 Å². The van der Waals surface area contributed by atoms with Gasteiger partial charge < -0.3 is 15.3 Å². The summed E-state index contributed by atoms with van der Waals surface area (Å²) < 4.78 is 0. The summed E-state index contributed by atoms with van der Waals surface area (Å²) in [5.41, 5.74) is 1.58. The molecule has 0 saturated carbocycles. The summed E-state index contributed by atoms with van der Waals surface area (Å²) in [5.74, 6) is 0.451. The van der Waals surface area contributed by atoms with E-state index in [0.717, 1.165) is 38.3 Å². The molecular weight excluding hydrogens is 270 g/mol. The maximum atomic E-state index is 12.5. The number of nitrogens with zero attached hydrogens (tertiary/aromatic N) is 3. The molecule has 0 aromatic carbocycles. The van der Waals surface area contributed by atoms with Gasteiger partial charge in [-0.1, -0.05) is 0 Å². The predicted octanol–water partition coefficient (Wildman–Crippen LogP) is -0.763. The summed E-state index contributed by atoms with van der Waals surface area (Å²) in [6, 6.07) is 1.90. The van der Waals surface area contributed by atoms with Crippen LogP contribution in [0.5, 0.6) is 0 Å². The minimum atomic E-state index is 0.00658. The third-order valence-corrected chi connectivity index (χ3v) is 4.39. The predicted molar refractivity (Wildman–Crippen MR) is 78.2 cm³/mol. The number of amides is 1. The van der Waals surface area contributed by atoms with Gasteiger partial charge in [0.25, 0.3) is 5.91 Å². The molecule has 0 spiro atoms. The normalized spacial score (nSPS) is 23.7. The molecule has 3 rings (SSSR count). The average molecular weight is 293 g/mol. The Morgan fingerprint density at radius 1 is 1.38 bits per heavy atom. The number of aliphatic hydroxyl groups is 1. The molecular formula is C14H23N5O2. The van der Waals surface area contributed by atoms with Gasteiger partial charge in [0.15, 0.2) is 0 Å². The highest BCUT2D eigenvalue weighted by Gasteiger charge is 2.25. The number of aliphatic hydroxyl groups excluding tert-OH is 1. The lowest BCUT2D eigenvalue weighted by Crippen LogP contribution is -2.49. The number of H-pyrrole nitrogens is 1. The van der Waals surface area contributed by atoms with E-state index in [0.29, 0.717) is 31.2 Å². The molecule has 1 atom stereocenters. The van der Waals surface area contributed by atoms with Gasteiger partial charge in [-0.05, 0) is 19.0 Å². The van der Waals surface area contributed by atoms with E-state index in [-0.39, 0.29) is 12.5 Å². The van der Waals surface area contributed by atoms with Crippen molar-refractivity contribution in [2.45, 2.75) is 12.3 Å². The van der Waals surface area contributed by atoms with Crippen LogP contribution in [-0.2, 0) is 0 Å². The summed E-state index contributed by atoms with van der Waals surface area (Å²) in [6.07, 6.45) is 1.09. The van der Waals surface area contributed by atoms with Gasteiger partial charge in [-0.15, -0.1) is 0 Å². The lowest BCUT2D eigenvalue weighted by molar-refractivity contribution is 0.0609. The molecule has 0 bridgehead atoms. The number of carbonyl (C=O) groups excluding carboxylic acids is 1. The second-order valence-corrected chi connectivity index (χ2v) is 5.76. The van der Waals surface area contributed by atoms with Gasteiger partial charge in [0.1, 0.15) is 5.69 Å². The minimum absolute atomic E-state index is 0.00658. The molecule has 3 N–H and O–H groups in total. The Labute approximate surface area is 124 Å². The molecule has 0 radical (unpaired) electrons. The molecule has 7 nitrogen and oxygen atoms in total. The van der Waals surface area contributed by atoms with E-state index in [2.05, 4.69) is 20.4 Å². The maximum Gasteiger partial charge on any atom is 0.274 e. The highest BCUT2D eigenvalue weighted by atomic mass is 16.3. The highest BCUT2D eigenvalue weighted by molar-refractivity contribution is 5.92. The van der Waals surface area contributed by atoms with Crippen LogP contribution in [0.3, 0.4) is 0 Å². The Balaban J connectivity index is 1.58.